The summed E-state index contributed by atoms with van der Waals surface area (Å²) in [5.41, 5.74) is -0.228. The quantitative estimate of drug-likeness (QED) is 0.693. The SMILES string of the molecule is CC(C)C(C)(C)NC(=O)CC#N. The van der Waals surface area contributed by atoms with Crippen LogP contribution in [0.2, 0.25) is 0 Å². The van der Waals surface area contributed by atoms with E-state index in [0.717, 1.165) is 0 Å². The second-order valence-corrected chi connectivity index (χ2v) is 3.76. The van der Waals surface area contributed by atoms with E-state index in [9.17, 15) is 4.79 Å². The zero-order valence-electron chi connectivity index (χ0n) is 8.14. The molecule has 0 unspecified atom stereocenters. The van der Waals surface area contributed by atoms with E-state index in [2.05, 4.69) is 5.32 Å². The van der Waals surface area contributed by atoms with Crippen molar-refractivity contribution in [1.29, 1.82) is 5.26 Å². The third kappa shape index (κ3) is 3.38. The first kappa shape index (κ1) is 11.0. The first-order valence-electron chi connectivity index (χ1n) is 4.08. The highest BCUT2D eigenvalue weighted by atomic mass is 16.1. The maximum Gasteiger partial charge on any atom is 0.234 e. The maximum atomic E-state index is 11.0. The van der Waals surface area contributed by atoms with Gasteiger partial charge in [-0.15, -0.1) is 0 Å². The minimum atomic E-state index is -0.228. The van der Waals surface area contributed by atoms with Crippen LogP contribution in [0.15, 0.2) is 0 Å². The Hall–Kier alpha value is -1.04. The minimum Gasteiger partial charge on any atom is -0.350 e. The lowest BCUT2D eigenvalue weighted by Gasteiger charge is -2.30. The average Bonchev–Trinajstić information content (AvgIpc) is 1.85. The molecule has 1 amide bonds. The lowest BCUT2D eigenvalue weighted by atomic mass is 9.90. The Kier molecular flexibility index (Phi) is 3.75. The van der Waals surface area contributed by atoms with Crippen LogP contribution in [0.3, 0.4) is 0 Å². The molecule has 0 rings (SSSR count). The van der Waals surface area contributed by atoms with E-state index in [1.54, 1.807) is 0 Å². The molecule has 0 bridgehead atoms. The van der Waals surface area contributed by atoms with Crippen molar-refractivity contribution < 1.29 is 4.79 Å². The Morgan fingerprint density at radius 1 is 1.58 bits per heavy atom. The van der Waals surface area contributed by atoms with Crippen LogP contribution < -0.4 is 5.32 Å². The van der Waals surface area contributed by atoms with E-state index < -0.39 is 0 Å². The number of hydrogen-bond acceptors (Lipinski definition) is 2. The Morgan fingerprint density at radius 3 is 2.42 bits per heavy atom. The molecule has 1 N–H and O–H groups in total. The first-order valence-corrected chi connectivity index (χ1v) is 4.08. The van der Waals surface area contributed by atoms with Crippen molar-refractivity contribution in [2.24, 2.45) is 5.92 Å². The van der Waals surface area contributed by atoms with Gasteiger partial charge in [0.25, 0.3) is 0 Å². The molecule has 0 atom stereocenters. The molecule has 0 aromatic heterocycles. The maximum absolute atomic E-state index is 11.0. The first-order chi connectivity index (χ1) is 5.40. The molecule has 0 heterocycles. The molecule has 0 aromatic carbocycles. The molecule has 0 spiro atoms. The summed E-state index contributed by atoms with van der Waals surface area (Å²) in [4.78, 5) is 11.0. The monoisotopic (exact) mass is 168 g/mol. The van der Waals surface area contributed by atoms with Gasteiger partial charge < -0.3 is 5.32 Å². The molecule has 0 aromatic rings. The molecule has 3 nitrogen and oxygen atoms in total. The molecule has 0 saturated heterocycles. The molecule has 3 heteroatoms. The summed E-state index contributed by atoms with van der Waals surface area (Å²) in [6.07, 6.45) is -0.0594. The molecular weight excluding hydrogens is 152 g/mol. The number of amides is 1. The standard InChI is InChI=1S/C9H16N2O/c1-7(2)9(3,4)11-8(12)5-6-10/h7H,5H2,1-4H3,(H,11,12). The number of carbonyl (C=O) groups excluding carboxylic acids is 1. The summed E-state index contributed by atoms with van der Waals surface area (Å²) in [6.45, 7) is 7.97. The van der Waals surface area contributed by atoms with E-state index in [0.29, 0.717) is 5.92 Å². The van der Waals surface area contributed by atoms with Crippen molar-refractivity contribution >= 4 is 5.91 Å². The number of rotatable bonds is 3. The van der Waals surface area contributed by atoms with Gasteiger partial charge in [-0.1, -0.05) is 13.8 Å². The van der Waals surface area contributed by atoms with Crippen molar-refractivity contribution in [3.63, 3.8) is 0 Å². The second kappa shape index (κ2) is 4.10. The van der Waals surface area contributed by atoms with Crippen LogP contribution in [0.1, 0.15) is 34.1 Å². The van der Waals surface area contributed by atoms with Gasteiger partial charge in [0.1, 0.15) is 6.42 Å². The van der Waals surface area contributed by atoms with Crippen LogP contribution in [0.25, 0.3) is 0 Å². The zero-order chi connectivity index (χ0) is 9.78. The van der Waals surface area contributed by atoms with Gasteiger partial charge in [0.2, 0.25) is 5.91 Å². The van der Waals surface area contributed by atoms with Crippen LogP contribution >= 0.6 is 0 Å². The van der Waals surface area contributed by atoms with Crippen LogP contribution in [-0.2, 0) is 4.79 Å². The lowest BCUT2D eigenvalue weighted by Crippen LogP contribution is -2.47. The van der Waals surface area contributed by atoms with Gasteiger partial charge in [-0.2, -0.15) is 5.26 Å². The van der Waals surface area contributed by atoms with E-state index >= 15 is 0 Å². The fourth-order valence-electron chi connectivity index (χ4n) is 0.620. The summed E-state index contributed by atoms with van der Waals surface area (Å²) < 4.78 is 0. The lowest BCUT2D eigenvalue weighted by molar-refractivity contribution is -0.122. The summed E-state index contributed by atoms with van der Waals surface area (Å²) >= 11 is 0. The molecule has 0 aliphatic heterocycles. The van der Waals surface area contributed by atoms with Crippen LogP contribution in [0.4, 0.5) is 0 Å². The van der Waals surface area contributed by atoms with Crippen molar-refractivity contribution in [2.75, 3.05) is 0 Å². The molecule has 0 radical (unpaired) electrons. The highest BCUT2D eigenvalue weighted by Crippen LogP contribution is 2.14. The molecule has 0 saturated carbocycles. The van der Waals surface area contributed by atoms with Crippen molar-refractivity contribution in [3.8, 4) is 6.07 Å². The Morgan fingerprint density at radius 2 is 2.08 bits per heavy atom. The van der Waals surface area contributed by atoms with Crippen LogP contribution in [-0.4, -0.2) is 11.4 Å². The van der Waals surface area contributed by atoms with Crippen LogP contribution in [0.5, 0.6) is 0 Å². The van der Waals surface area contributed by atoms with Gasteiger partial charge in [0.15, 0.2) is 0 Å². The molecule has 12 heavy (non-hydrogen) atoms. The molecule has 68 valence electrons. The predicted molar refractivity (Wildman–Crippen MR) is 47.3 cm³/mol. The zero-order valence-corrected chi connectivity index (χ0v) is 8.14. The third-order valence-corrected chi connectivity index (χ3v) is 2.14. The van der Waals surface area contributed by atoms with Gasteiger partial charge in [-0.25, -0.2) is 0 Å². The highest BCUT2D eigenvalue weighted by Gasteiger charge is 2.23. The number of nitrogens with one attached hydrogen (secondary N) is 1. The predicted octanol–water partition coefficient (Wildman–Crippen LogP) is 1.45. The molecular formula is C9H16N2O. The van der Waals surface area contributed by atoms with E-state index in [1.165, 1.54) is 0 Å². The van der Waals surface area contributed by atoms with Gasteiger partial charge in [0, 0.05) is 5.54 Å². The number of carbonyl (C=O) groups is 1. The van der Waals surface area contributed by atoms with Gasteiger partial charge >= 0.3 is 0 Å². The Balaban J connectivity index is 4.08. The molecule has 0 aliphatic carbocycles. The Labute approximate surface area is 73.8 Å². The Bertz CT molecular complexity index is 201. The van der Waals surface area contributed by atoms with E-state index in [-0.39, 0.29) is 17.9 Å². The number of nitriles is 1. The number of hydrogen-bond donors (Lipinski definition) is 1. The fourth-order valence-corrected chi connectivity index (χ4v) is 0.620. The molecule has 0 aliphatic rings. The van der Waals surface area contributed by atoms with Gasteiger partial charge in [-0.3, -0.25) is 4.79 Å². The fraction of sp³-hybridized carbons (Fsp3) is 0.778. The summed E-state index contributed by atoms with van der Waals surface area (Å²) in [6, 6.07) is 1.82. The smallest absolute Gasteiger partial charge is 0.234 e. The second-order valence-electron chi connectivity index (χ2n) is 3.76. The van der Waals surface area contributed by atoms with Gasteiger partial charge in [-0.05, 0) is 19.8 Å². The summed E-state index contributed by atoms with van der Waals surface area (Å²) in [5.74, 6) is 0.163. The van der Waals surface area contributed by atoms with E-state index in [1.807, 2.05) is 33.8 Å². The average molecular weight is 168 g/mol. The van der Waals surface area contributed by atoms with Crippen molar-refractivity contribution in [2.45, 2.75) is 39.7 Å². The van der Waals surface area contributed by atoms with Gasteiger partial charge in [0.05, 0.1) is 6.07 Å². The molecule has 0 fully saturated rings. The van der Waals surface area contributed by atoms with Crippen molar-refractivity contribution in [3.05, 3.63) is 0 Å². The number of nitrogens with zero attached hydrogens (tertiary/aromatic N) is 1. The van der Waals surface area contributed by atoms with Crippen LogP contribution in [0, 0.1) is 17.2 Å². The van der Waals surface area contributed by atoms with E-state index in [4.69, 9.17) is 5.26 Å². The largest absolute Gasteiger partial charge is 0.350 e. The topological polar surface area (TPSA) is 52.9 Å². The minimum absolute atomic E-state index is 0.0594. The third-order valence-electron chi connectivity index (χ3n) is 2.14. The normalized spacial score (nSPS) is 11.0. The highest BCUT2D eigenvalue weighted by molar-refractivity contribution is 5.78. The summed E-state index contributed by atoms with van der Waals surface area (Å²) in [5, 5.41) is 11.1. The summed E-state index contributed by atoms with van der Waals surface area (Å²) in [7, 11) is 0. The van der Waals surface area contributed by atoms with Crippen molar-refractivity contribution in [1.82, 2.24) is 5.32 Å².